The fraction of sp³-hybridized carbons (Fsp3) is 0.938. The van der Waals surface area contributed by atoms with Crippen LogP contribution in [-0.2, 0) is 4.74 Å². The third-order valence-corrected chi connectivity index (χ3v) is 3.06. The monoisotopic (exact) mass is 286 g/mol. The summed E-state index contributed by atoms with van der Waals surface area (Å²) in [5.41, 5.74) is -0.428. The maximum atomic E-state index is 11.8. The van der Waals surface area contributed by atoms with Crippen LogP contribution in [0.5, 0.6) is 0 Å². The molecule has 4 heteroatoms. The van der Waals surface area contributed by atoms with Crippen LogP contribution in [0.2, 0.25) is 0 Å². The van der Waals surface area contributed by atoms with Crippen LogP contribution in [0.25, 0.3) is 0 Å². The van der Waals surface area contributed by atoms with E-state index in [1.54, 1.807) is 11.9 Å². The number of rotatable bonds is 8. The second-order valence-corrected chi connectivity index (χ2v) is 7.02. The van der Waals surface area contributed by atoms with E-state index in [9.17, 15) is 4.79 Å². The lowest BCUT2D eigenvalue weighted by molar-refractivity contribution is 0.0277. The molecule has 0 bridgehead atoms. The van der Waals surface area contributed by atoms with Crippen LogP contribution < -0.4 is 5.32 Å². The molecule has 0 aliphatic carbocycles. The van der Waals surface area contributed by atoms with Gasteiger partial charge < -0.3 is 15.0 Å². The maximum Gasteiger partial charge on any atom is 0.410 e. The standard InChI is InChI=1S/C16H34N2O2/c1-8-9-13(2)10-17-11-14(3)12-18(7)15(19)20-16(4,5)6/h13-14,17H,8-12H2,1-7H3. The molecule has 4 nitrogen and oxygen atoms in total. The van der Waals surface area contributed by atoms with Gasteiger partial charge >= 0.3 is 6.09 Å². The zero-order valence-electron chi connectivity index (χ0n) is 14.5. The molecule has 0 aliphatic rings. The van der Waals surface area contributed by atoms with Crippen molar-refractivity contribution in [2.75, 3.05) is 26.7 Å². The van der Waals surface area contributed by atoms with E-state index in [1.807, 2.05) is 20.8 Å². The normalized spacial score (nSPS) is 14.8. The summed E-state index contributed by atoms with van der Waals surface area (Å²) in [7, 11) is 1.80. The summed E-state index contributed by atoms with van der Waals surface area (Å²) < 4.78 is 5.34. The molecule has 120 valence electrons. The molecule has 0 aliphatic heterocycles. The third-order valence-electron chi connectivity index (χ3n) is 3.06. The number of ether oxygens (including phenoxy) is 1. The molecule has 0 aromatic carbocycles. The molecule has 0 fully saturated rings. The Labute approximate surface area is 125 Å². The smallest absolute Gasteiger partial charge is 0.410 e. The molecule has 1 amide bonds. The first-order valence-electron chi connectivity index (χ1n) is 7.80. The van der Waals surface area contributed by atoms with Gasteiger partial charge in [-0.15, -0.1) is 0 Å². The molecule has 0 radical (unpaired) electrons. The van der Waals surface area contributed by atoms with Crippen LogP contribution in [0.3, 0.4) is 0 Å². The van der Waals surface area contributed by atoms with Crippen molar-refractivity contribution >= 4 is 6.09 Å². The summed E-state index contributed by atoms with van der Waals surface area (Å²) in [4.78, 5) is 13.5. The van der Waals surface area contributed by atoms with Crippen molar-refractivity contribution in [1.29, 1.82) is 0 Å². The summed E-state index contributed by atoms with van der Waals surface area (Å²) in [6, 6.07) is 0. The number of nitrogens with zero attached hydrogens (tertiary/aromatic N) is 1. The first-order valence-corrected chi connectivity index (χ1v) is 7.80. The molecule has 1 N–H and O–H groups in total. The van der Waals surface area contributed by atoms with Crippen molar-refractivity contribution in [3.05, 3.63) is 0 Å². The van der Waals surface area contributed by atoms with Gasteiger partial charge in [-0.2, -0.15) is 0 Å². The maximum absolute atomic E-state index is 11.8. The molecule has 20 heavy (non-hydrogen) atoms. The van der Waals surface area contributed by atoms with E-state index >= 15 is 0 Å². The molecular weight excluding hydrogens is 252 g/mol. The van der Waals surface area contributed by atoms with Gasteiger partial charge in [0.25, 0.3) is 0 Å². The van der Waals surface area contributed by atoms with Crippen molar-refractivity contribution < 1.29 is 9.53 Å². The predicted octanol–water partition coefficient (Wildman–Crippen LogP) is 3.52. The van der Waals surface area contributed by atoms with Crippen LogP contribution in [0.15, 0.2) is 0 Å². The lowest BCUT2D eigenvalue weighted by Crippen LogP contribution is -2.39. The fourth-order valence-corrected chi connectivity index (χ4v) is 2.12. The van der Waals surface area contributed by atoms with Gasteiger partial charge in [-0.25, -0.2) is 4.79 Å². The lowest BCUT2D eigenvalue weighted by Gasteiger charge is -2.26. The highest BCUT2D eigenvalue weighted by Crippen LogP contribution is 2.10. The minimum absolute atomic E-state index is 0.247. The number of hydrogen-bond acceptors (Lipinski definition) is 3. The van der Waals surface area contributed by atoms with E-state index in [0.29, 0.717) is 12.5 Å². The predicted molar refractivity (Wildman–Crippen MR) is 85.0 cm³/mol. The number of hydrogen-bond donors (Lipinski definition) is 1. The van der Waals surface area contributed by atoms with Gasteiger partial charge in [-0.1, -0.05) is 27.2 Å². The lowest BCUT2D eigenvalue weighted by atomic mass is 10.1. The number of nitrogens with one attached hydrogen (secondary N) is 1. The first-order chi connectivity index (χ1) is 9.15. The summed E-state index contributed by atoms with van der Waals surface area (Å²) in [6.45, 7) is 15.0. The van der Waals surface area contributed by atoms with Crippen LogP contribution >= 0.6 is 0 Å². The molecule has 2 atom stereocenters. The number of carbonyl (C=O) groups excluding carboxylic acids is 1. The minimum Gasteiger partial charge on any atom is -0.444 e. The van der Waals surface area contributed by atoms with Crippen LogP contribution in [0.4, 0.5) is 4.79 Å². The topological polar surface area (TPSA) is 41.6 Å². The average molecular weight is 286 g/mol. The van der Waals surface area contributed by atoms with E-state index in [-0.39, 0.29) is 6.09 Å². The van der Waals surface area contributed by atoms with Gasteiger partial charge in [0.1, 0.15) is 5.60 Å². The Hall–Kier alpha value is -0.770. The Kier molecular flexibility index (Phi) is 8.86. The molecule has 0 heterocycles. The summed E-state index contributed by atoms with van der Waals surface area (Å²) in [5.74, 6) is 1.14. The van der Waals surface area contributed by atoms with Gasteiger partial charge in [0.15, 0.2) is 0 Å². The quantitative estimate of drug-likeness (QED) is 0.742. The third kappa shape index (κ3) is 10.1. The highest BCUT2D eigenvalue weighted by molar-refractivity contribution is 5.67. The van der Waals surface area contributed by atoms with Crippen molar-refractivity contribution in [2.24, 2.45) is 11.8 Å². The van der Waals surface area contributed by atoms with E-state index in [1.165, 1.54) is 12.8 Å². The highest BCUT2D eigenvalue weighted by Gasteiger charge is 2.20. The number of amides is 1. The molecule has 0 aromatic rings. The van der Waals surface area contributed by atoms with E-state index < -0.39 is 5.60 Å². The fourth-order valence-electron chi connectivity index (χ4n) is 2.12. The zero-order valence-corrected chi connectivity index (χ0v) is 14.5. The molecule has 0 aromatic heterocycles. The Morgan fingerprint density at radius 1 is 1.20 bits per heavy atom. The van der Waals surface area contributed by atoms with Crippen LogP contribution in [0, 0.1) is 11.8 Å². The largest absolute Gasteiger partial charge is 0.444 e. The van der Waals surface area contributed by atoms with E-state index in [0.717, 1.165) is 19.0 Å². The minimum atomic E-state index is -0.428. The Balaban J connectivity index is 3.90. The highest BCUT2D eigenvalue weighted by atomic mass is 16.6. The van der Waals surface area contributed by atoms with Crippen molar-refractivity contribution in [3.63, 3.8) is 0 Å². The average Bonchev–Trinajstić information content (AvgIpc) is 2.26. The molecule has 2 unspecified atom stereocenters. The SMILES string of the molecule is CCCC(C)CNCC(C)CN(C)C(=O)OC(C)(C)C. The second-order valence-electron chi connectivity index (χ2n) is 7.02. The van der Waals surface area contributed by atoms with E-state index in [2.05, 4.69) is 26.1 Å². The van der Waals surface area contributed by atoms with Gasteiger partial charge in [0, 0.05) is 13.6 Å². The second kappa shape index (κ2) is 9.22. The molecule has 0 saturated carbocycles. The Bertz CT molecular complexity index is 274. The van der Waals surface area contributed by atoms with Crippen molar-refractivity contribution in [1.82, 2.24) is 10.2 Å². The summed E-state index contributed by atoms with van der Waals surface area (Å²) >= 11 is 0. The zero-order chi connectivity index (χ0) is 15.8. The molecule has 0 rings (SSSR count). The molecule has 0 saturated heterocycles. The van der Waals surface area contributed by atoms with Crippen LogP contribution in [0.1, 0.15) is 54.4 Å². The summed E-state index contributed by atoms with van der Waals surface area (Å²) in [6.07, 6.45) is 2.25. The Morgan fingerprint density at radius 2 is 1.75 bits per heavy atom. The number of carbonyl (C=O) groups is 1. The van der Waals surface area contributed by atoms with Crippen molar-refractivity contribution in [3.8, 4) is 0 Å². The van der Waals surface area contributed by atoms with E-state index in [4.69, 9.17) is 4.74 Å². The van der Waals surface area contributed by atoms with Gasteiger partial charge in [0.05, 0.1) is 0 Å². The molecule has 0 spiro atoms. The first kappa shape index (κ1) is 19.2. The summed E-state index contributed by atoms with van der Waals surface area (Å²) in [5, 5.41) is 3.48. The Morgan fingerprint density at radius 3 is 2.25 bits per heavy atom. The van der Waals surface area contributed by atoms with Gasteiger partial charge in [-0.05, 0) is 52.1 Å². The van der Waals surface area contributed by atoms with Crippen molar-refractivity contribution in [2.45, 2.75) is 60.0 Å². The molecular formula is C16H34N2O2. The van der Waals surface area contributed by atoms with Gasteiger partial charge in [0.2, 0.25) is 0 Å². The van der Waals surface area contributed by atoms with Gasteiger partial charge in [-0.3, -0.25) is 0 Å². The van der Waals surface area contributed by atoms with Crippen LogP contribution in [-0.4, -0.2) is 43.3 Å².